The van der Waals surface area contributed by atoms with Crippen molar-refractivity contribution in [3.8, 4) is 0 Å². The third kappa shape index (κ3) is 9.24. The third-order valence-corrected chi connectivity index (χ3v) is 3.13. The lowest BCUT2D eigenvalue weighted by molar-refractivity contribution is -0.116. The molecule has 0 bridgehead atoms. The van der Waals surface area contributed by atoms with Gasteiger partial charge < -0.3 is 0 Å². The third-order valence-electron chi connectivity index (χ3n) is 3.13. The van der Waals surface area contributed by atoms with Crippen molar-refractivity contribution in [2.75, 3.05) is 0 Å². The van der Waals surface area contributed by atoms with E-state index in [-0.39, 0.29) is 5.78 Å². The van der Waals surface area contributed by atoms with Crippen LogP contribution in [0.5, 0.6) is 0 Å². The predicted molar refractivity (Wildman–Crippen MR) is 85.2 cm³/mol. The van der Waals surface area contributed by atoms with Crippen LogP contribution in [-0.2, 0) is 4.79 Å². The van der Waals surface area contributed by atoms with Crippen LogP contribution in [0.25, 0.3) is 0 Å². The average Bonchev–Trinajstić information content (AvgIpc) is 2.39. The van der Waals surface area contributed by atoms with Crippen molar-refractivity contribution in [3.05, 3.63) is 49.1 Å². The molecule has 0 saturated heterocycles. The summed E-state index contributed by atoms with van der Waals surface area (Å²) in [5, 5.41) is 0. The van der Waals surface area contributed by atoms with Crippen molar-refractivity contribution in [3.63, 3.8) is 0 Å². The number of rotatable bonds is 11. The maximum absolute atomic E-state index is 11.9. The highest BCUT2D eigenvalue weighted by Crippen LogP contribution is 2.15. The van der Waals surface area contributed by atoms with Gasteiger partial charge >= 0.3 is 0 Å². The van der Waals surface area contributed by atoms with E-state index in [0.29, 0.717) is 17.9 Å². The van der Waals surface area contributed by atoms with Gasteiger partial charge in [0.1, 0.15) is 0 Å². The summed E-state index contributed by atoms with van der Waals surface area (Å²) in [5.74, 6) is 0.595. The molecular formula is C18H28O. The normalized spacial score (nSPS) is 12.3. The number of carbonyl (C=O) groups excluding carboxylic acids is 1. The zero-order valence-electron chi connectivity index (χ0n) is 12.6. The lowest BCUT2D eigenvalue weighted by atomic mass is 9.95. The summed E-state index contributed by atoms with van der Waals surface area (Å²) < 4.78 is 0. The Morgan fingerprint density at radius 2 is 1.95 bits per heavy atom. The van der Waals surface area contributed by atoms with Crippen LogP contribution in [0.2, 0.25) is 0 Å². The molecule has 0 aliphatic rings. The molecule has 0 aliphatic carbocycles. The molecule has 0 aromatic carbocycles. The van der Waals surface area contributed by atoms with Gasteiger partial charge in [0, 0.05) is 12.0 Å². The molecule has 0 amide bonds. The molecule has 0 aliphatic heterocycles. The molecule has 0 fully saturated rings. The SMILES string of the molecule is C=CCCC(=C)/C=C\C(=C)C(=O)CC(C)CCCC. The molecule has 0 radical (unpaired) electrons. The molecule has 0 aromatic rings. The number of hydrogen-bond acceptors (Lipinski definition) is 1. The predicted octanol–water partition coefficient (Wildman–Crippen LogP) is 5.41. The second-order valence-electron chi connectivity index (χ2n) is 5.22. The molecule has 1 atom stereocenters. The second kappa shape index (κ2) is 10.5. The van der Waals surface area contributed by atoms with E-state index in [1.165, 1.54) is 12.8 Å². The maximum Gasteiger partial charge on any atom is 0.162 e. The van der Waals surface area contributed by atoms with Gasteiger partial charge in [0.25, 0.3) is 0 Å². The van der Waals surface area contributed by atoms with E-state index in [2.05, 4.69) is 33.6 Å². The fourth-order valence-corrected chi connectivity index (χ4v) is 1.78. The smallest absolute Gasteiger partial charge is 0.162 e. The number of ketones is 1. The van der Waals surface area contributed by atoms with Gasteiger partial charge in [-0.25, -0.2) is 0 Å². The van der Waals surface area contributed by atoms with E-state index in [0.717, 1.165) is 24.8 Å². The minimum absolute atomic E-state index is 0.149. The van der Waals surface area contributed by atoms with Crippen molar-refractivity contribution in [2.24, 2.45) is 5.92 Å². The first kappa shape index (κ1) is 17.6. The Morgan fingerprint density at radius 1 is 1.26 bits per heavy atom. The fourth-order valence-electron chi connectivity index (χ4n) is 1.78. The molecule has 106 valence electrons. The second-order valence-corrected chi connectivity index (χ2v) is 5.22. The zero-order chi connectivity index (χ0) is 14.7. The topological polar surface area (TPSA) is 17.1 Å². The summed E-state index contributed by atoms with van der Waals surface area (Å²) in [6.07, 6.45) is 11.4. The molecule has 0 spiro atoms. The van der Waals surface area contributed by atoms with Gasteiger partial charge in [0.2, 0.25) is 0 Å². The first-order chi connectivity index (χ1) is 9.01. The van der Waals surface area contributed by atoms with E-state index in [9.17, 15) is 4.79 Å². The lowest BCUT2D eigenvalue weighted by Gasteiger charge is -2.09. The molecule has 0 N–H and O–H groups in total. The van der Waals surface area contributed by atoms with Gasteiger partial charge in [0.05, 0.1) is 0 Å². The molecule has 0 rings (SSSR count). The summed E-state index contributed by atoms with van der Waals surface area (Å²) in [5.41, 5.74) is 1.59. The average molecular weight is 260 g/mol. The number of unbranched alkanes of at least 4 members (excludes halogenated alkanes) is 1. The van der Waals surface area contributed by atoms with Crippen LogP contribution in [0.15, 0.2) is 49.1 Å². The Morgan fingerprint density at radius 3 is 2.53 bits per heavy atom. The van der Waals surface area contributed by atoms with Crippen LogP contribution in [0.1, 0.15) is 52.4 Å². The Kier molecular flexibility index (Phi) is 9.78. The van der Waals surface area contributed by atoms with Crippen LogP contribution in [0.3, 0.4) is 0 Å². The number of Topliss-reactive ketones (excluding diaryl/α,β-unsaturated/α-hetero) is 1. The van der Waals surface area contributed by atoms with E-state index in [4.69, 9.17) is 0 Å². The molecule has 1 nitrogen and oxygen atoms in total. The van der Waals surface area contributed by atoms with Crippen molar-refractivity contribution >= 4 is 5.78 Å². The van der Waals surface area contributed by atoms with Crippen molar-refractivity contribution < 1.29 is 4.79 Å². The highest BCUT2D eigenvalue weighted by molar-refractivity contribution is 5.97. The van der Waals surface area contributed by atoms with E-state index in [1.807, 2.05) is 12.2 Å². The molecule has 1 unspecified atom stereocenters. The van der Waals surface area contributed by atoms with Crippen LogP contribution in [-0.4, -0.2) is 5.78 Å². The van der Waals surface area contributed by atoms with Gasteiger partial charge in [-0.1, -0.05) is 70.1 Å². The first-order valence-corrected chi connectivity index (χ1v) is 7.20. The quantitative estimate of drug-likeness (QED) is 0.276. The van der Waals surface area contributed by atoms with Gasteiger partial charge in [-0.2, -0.15) is 0 Å². The summed E-state index contributed by atoms with van der Waals surface area (Å²) in [6.45, 7) is 15.8. The van der Waals surface area contributed by atoms with Crippen molar-refractivity contribution in [2.45, 2.75) is 52.4 Å². The highest BCUT2D eigenvalue weighted by Gasteiger charge is 2.10. The van der Waals surface area contributed by atoms with Crippen molar-refractivity contribution in [1.82, 2.24) is 0 Å². The summed E-state index contributed by atoms with van der Waals surface area (Å²) >= 11 is 0. The van der Waals surface area contributed by atoms with Gasteiger partial charge in [-0.05, 0) is 18.8 Å². The fraction of sp³-hybridized carbons (Fsp3) is 0.500. The Balaban J connectivity index is 4.12. The molecule has 1 heteroatoms. The maximum atomic E-state index is 11.9. The molecule has 0 saturated carbocycles. The van der Waals surface area contributed by atoms with E-state index >= 15 is 0 Å². The molecule has 0 aromatic heterocycles. The summed E-state index contributed by atoms with van der Waals surface area (Å²) in [6, 6.07) is 0. The Bertz CT molecular complexity index is 347. The first-order valence-electron chi connectivity index (χ1n) is 7.20. The molecular weight excluding hydrogens is 232 g/mol. The van der Waals surface area contributed by atoms with Gasteiger partial charge in [0.15, 0.2) is 5.78 Å². The minimum Gasteiger partial charge on any atom is -0.294 e. The Labute approximate surface area is 118 Å². The summed E-state index contributed by atoms with van der Waals surface area (Å²) in [4.78, 5) is 11.9. The van der Waals surface area contributed by atoms with E-state index in [1.54, 1.807) is 6.08 Å². The monoisotopic (exact) mass is 260 g/mol. The van der Waals surface area contributed by atoms with Gasteiger partial charge in [-0.3, -0.25) is 4.79 Å². The number of allylic oxidation sites excluding steroid dienone is 5. The minimum atomic E-state index is 0.149. The number of carbonyl (C=O) groups is 1. The lowest BCUT2D eigenvalue weighted by Crippen LogP contribution is -2.06. The zero-order valence-corrected chi connectivity index (χ0v) is 12.6. The largest absolute Gasteiger partial charge is 0.294 e. The Hall–Kier alpha value is -1.37. The number of hydrogen-bond donors (Lipinski definition) is 0. The van der Waals surface area contributed by atoms with E-state index < -0.39 is 0 Å². The summed E-state index contributed by atoms with van der Waals surface area (Å²) in [7, 11) is 0. The standard InChI is InChI=1S/C18H28O/c1-6-8-10-15(3)12-13-17(5)18(19)14-16(4)11-9-7-2/h6,12-13,16H,1,3,5,7-11,14H2,2,4H3/b13-12-. The van der Waals surface area contributed by atoms with Crippen LogP contribution in [0, 0.1) is 5.92 Å². The van der Waals surface area contributed by atoms with Crippen LogP contribution in [0.4, 0.5) is 0 Å². The molecule has 0 heterocycles. The van der Waals surface area contributed by atoms with Crippen LogP contribution >= 0.6 is 0 Å². The van der Waals surface area contributed by atoms with Gasteiger partial charge in [-0.15, -0.1) is 6.58 Å². The van der Waals surface area contributed by atoms with Crippen LogP contribution < -0.4 is 0 Å². The molecule has 19 heavy (non-hydrogen) atoms. The highest BCUT2D eigenvalue weighted by atomic mass is 16.1. The van der Waals surface area contributed by atoms with Crippen molar-refractivity contribution in [1.29, 1.82) is 0 Å².